The molecule has 0 radical (unpaired) electrons. The van der Waals surface area contributed by atoms with Gasteiger partial charge in [-0.05, 0) is 31.5 Å². The average Bonchev–Trinajstić information content (AvgIpc) is 2.37. The molecule has 0 aliphatic heterocycles. The Hall–Kier alpha value is -0.860. The highest BCUT2D eigenvalue weighted by Crippen LogP contribution is 2.22. The predicted octanol–water partition coefficient (Wildman–Crippen LogP) is 3.21. The van der Waals surface area contributed by atoms with Crippen LogP contribution < -0.4 is 5.32 Å². The molecule has 0 heterocycles. The zero-order valence-corrected chi connectivity index (χ0v) is 11.7. The summed E-state index contributed by atoms with van der Waals surface area (Å²) in [5, 5.41) is 3.73. The Bertz CT molecular complexity index is 328. The molecule has 2 nitrogen and oxygen atoms in total. The van der Waals surface area contributed by atoms with Crippen LogP contribution in [0.2, 0.25) is 0 Å². The van der Waals surface area contributed by atoms with Gasteiger partial charge >= 0.3 is 0 Å². The van der Waals surface area contributed by atoms with Crippen molar-refractivity contribution in [1.82, 2.24) is 10.2 Å². The predicted molar refractivity (Wildman–Crippen MR) is 77.7 cm³/mol. The molecule has 0 aromatic heterocycles. The minimum atomic E-state index is 0.516. The SMILES string of the molecule is CCN(CC)C(CNC1CCC1)c1ccccc1. The number of nitrogens with zero attached hydrogens (tertiary/aromatic N) is 1. The number of hydrogen-bond acceptors (Lipinski definition) is 2. The third kappa shape index (κ3) is 3.33. The molecule has 18 heavy (non-hydrogen) atoms. The van der Waals surface area contributed by atoms with Gasteiger partial charge in [-0.1, -0.05) is 50.6 Å². The van der Waals surface area contributed by atoms with Crippen LogP contribution in [0, 0.1) is 0 Å². The van der Waals surface area contributed by atoms with E-state index >= 15 is 0 Å². The Kier molecular flexibility index (Phi) is 5.21. The van der Waals surface area contributed by atoms with E-state index < -0.39 is 0 Å². The summed E-state index contributed by atoms with van der Waals surface area (Å²) in [5.74, 6) is 0. The van der Waals surface area contributed by atoms with Gasteiger partial charge in [-0.15, -0.1) is 0 Å². The zero-order valence-electron chi connectivity index (χ0n) is 11.7. The van der Waals surface area contributed by atoms with Crippen molar-refractivity contribution in [2.24, 2.45) is 0 Å². The summed E-state index contributed by atoms with van der Waals surface area (Å²) < 4.78 is 0. The summed E-state index contributed by atoms with van der Waals surface area (Å²) in [4.78, 5) is 2.54. The lowest BCUT2D eigenvalue weighted by Gasteiger charge is -2.34. The van der Waals surface area contributed by atoms with Crippen LogP contribution in [0.3, 0.4) is 0 Å². The molecule has 1 fully saturated rings. The fourth-order valence-corrected chi connectivity index (χ4v) is 2.69. The summed E-state index contributed by atoms with van der Waals surface area (Å²) in [7, 11) is 0. The van der Waals surface area contributed by atoms with Crippen LogP contribution in [-0.2, 0) is 0 Å². The Labute approximate surface area is 111 Å². The van der Waals surface area contributed by atoms with Crippen LogP contribution in [0.15, 0.2) is 30.3 Å². The molecule has 1 N–H and O–H groups in total. The maximum absolute atomic E-state index is 3.73. The Morgan fingerprint density at radius 2 is 1.83 bits per heavy atom. The van der Waals surface area contributed by atoms with Crippen molar-refractivity contribution in [1.29, 1.82) is 0 Å². The van der Waals surface area contributed by atoms with Crippen LogP contribution in [-0.4, -0.2) is 30.6 Å². The van der Waals surface area contributed by atoms with Gasteiger partial charge in [0, 0.05) is 18.6 Å². The summed E-state index contributed by atoms with van der Waals surface area (Å²) in [5.41, 5.74) is 1.44. The quantitative estimate of drug-likeness (QED) is 0.794. The van der Waals surface area contributed by atoms with E-state index in [1.54, 1.807) is 0 Å². The first-order valence-corrected chi connectivity index (χ1v) is 7.37. The number of benzene rings is 1. The van der Waals surface area contributed by atoms with E-state index in [9.17, 15) is 0 Å². The third-order valence-corrected chi connectivity index (χ3v) is 4.14. The molecule has 100 valence electrons. The molecule has 1 atom stereocenters. The highest BCUT2D eigenvalue weighted by atomic mass is 15.2. The van der Waals surface area contributed by atoms with E-state index in [-0.39, 0.29) is 0 Å². The Morgan fingerprint density at radius 1 is 1.17 bits per heavy atom. The lowest BCUT2D eigenvalue weighted by atomic mass is 9.92. The molecule has 1 aliphatic carbocycles. The maximum Gasteiger partial charge on any atom is 0.0472 e. The van der Waals surface area contributed by atoms with Crippen molar-refractivity contribution in [2.45, 2.75) is 45.2 Å². The molecular weight excluding hydrogens is 220 g/mol. The van der Waals surface area contributed by atoms with Crippen molar-refractivity contribution >= 4 is 0 Å². The van der Waals surface area contributed by atoms with Crippen molar-refractivity contribution in [3.63, 3.8) is 0 Å². The molecular formula is C16H26N2. The first-order valence-electron chi connectivity index (χ1n) is 7.37. The molecule has 1 unspecified atom stereocenters. The molecule has 0 amide bonds. The molecule has 1 aliphatic rings. The monoisotopic (exact) mass is 246 g/mol. The fourth-order valence-electron chi connectivity index (χ4n) is 2.69. The van der Waals surface area contributed by atoms with E-state index in [0.29, 0.717) is 6.04 Å². The molecule has 1 aromatic carbocycles. The highest BCUT2D eigenvalue weighted by Gasteiger charge is 2.21. The second kappa shape index (κ2) is 6.91. The summed E-state index contributed by atoms with van der Waals surface area (Å²) >= 11 is 0. The van der Waals surface area contributed by atoms with Gasteiger partial charge in [0.15, 0.2) is 0 Å². The van der Waals surface area contributed by atoms with E-state index in [0.717, 1.165) is 25.7 Å². The largest absolute Gasteiger partial charge is 0.312 e. The second-order valence-electron chi connectivity index (χ2n) is 5.18. The third-order valence-electron chi connectivity index (χ3n) is 4.14. The van der Waals surface area contributed by atoms with Gasteiger partial charge < -0.3 is 5.32 Å². The standard InChI is InChI=1S/C16H26N2/c1-3-18(4-2)16(13-17-15-11-8-12-15)14-9-6-5-7-10-14/h5-7,9-10,15-17H,3-4,8,11-13H2,1-2H3. The van der Waals surface area contributed by atoms with Crippen molar-refractivity contribution in [3.8, 4) is 0 Å². The average molecular weight is 246 g/mol. The number of nitrogens with one attached hydrogen (secondary N) is 1. The van der Waals surface area contributed by atoms with E-state index in [2.05, 4.69) is 54.4 Å². The topological polar surface area (TPSA) is 15.3 Å². The zero-order chi connectivity index (χ0) is 12.8. The van der Waals surface area contributed by atoms with Gasteiger partial charge in [0.05, 0.1) is 0 Å². The van der Waals surface area contributed by atoms with Gasteiger partial charge in [0.1, 0.15) is 0 Å². The van der Waals surface area contributed by atoms with Crippen LogP contribution in [0.1, 0.15) is 44.7 Å². The highest BCUT2D eigenvalue weighted by molar-refractivity contribution is 5.19. The number of likely N-dealkylation sites (N-methyl/N-ethyl adjacent to an activating group) is 1. The molecule has 0 bridgehead atoms. The molecule has 0 saturated heterocycles. The number of hydrogen-bond donors (Lipinski definition) is 1. The van der Waals surface area contributed by atoms with Crippen LogP contribution in [0.25, 0.3) is 0 Å². The lowest BCUT2D eigenvalue weighted by molar-refractivity contribution is 0.198. The summed E-state index contributed by atoms with van der Waals surface area (Å²) in [6, 6.07) is 12.2. The van der Waals surface area contributed by atoms with Crippen LogP contribution in [0.5, 0.6) is 0 Å². The molecule has 1 saturated carbocycles. The molecule has 0 spiro atoms. The van der Waals surface area contributed by atoms with Gasteiger partial charge in [0.25, 0.3) is 0 Å². The van der Waals surface area contributed by atoms with E-state index in [1.165, 1.54) is 24.8 Å². The van der Waals surface area contributed by atoms with Gasteiger partial charge in [-0.3, -0.25) is 4.90 Å². The van der Waals surface area contributed by atoms with Gasteiger partial charge in [-0.25, -0.2) is 0 Å². The maximum atomic E-state index is 3.73. The molecule has 2 rings (SSSR count). The molecule has 1 aromatic rings. The Morgan fingerprint density at radius 3 is 2.33 bits per heavy atom. The minimum Gasteiger partial charge on any atom is -0.312 e. The van der Waals surface area contributed by atoms with Crippen LogP contribution >= 0.6 is 0 Å². The summed E-state index contributed by atoms with van der Waals surface area (Å²) in [6.45, 7) is 7.81. The molecule has 2 heteroatoms. The number of rotatable bonds is 7. The van der Waals surface area contributed by atoms with Crippen molar-refractivity contribution in [3.05, 3.63) is 35.9 Å². The van der Waals surface area contributed by atoms with E-state index in [1.807, 2.05) is 0 Å². The van der Waals surface area contributed by atoms with Crippen molar-refractivity contribution < 1.29 is 0 Å². The first-order chi connectivity index (χ1) is 8.85. The smallest absolute Gasteiger partial charge is 0.0472 e. The minimum absolute atomic E-state index is 0.516. The second-order valence-corrected chi connectivity index (χ2v) is 5.18. The fraction of sp³-hybridized carbons (Fsp3) is 0.625. The summed E-state index contributed by atoms with van der Waals surface area (Å²) in [6.07, 6.45) is 4.12. The normalized spacial score (nSPS) is 17.7. The Balaban J connectivity index is 2.01. The van der Waals surface area contributed by atoms with Crippen molar-refractivity contribution in [2.75, 3.05) is 19.6 Å². The first kappa shape index (κ1) is 13.6. The van der Waals surface area contributed by atoms with Gasteiger partial charge in [0.2, 0.25) is 0 Å². The van der Waals surface area contributed by atoms with Crippen LogP contribution in [0.4, 0.5) is 0 Å². The lowest BCUT2D eigenvalue weighted by Crippen LogP contribution is -2.42. The van der Waals surface area contributed by atoms with E-state index in [4.69, 9.17) is 0 Å². The van der Waals surface area contributed by atoms with Gasteiger partial charge in [-0.2, -0.15) is 0 Å².